The fraction of sp³-hybridized carbons (Fsp3) is 1.00. The summed E-state index contributed by atoms with van der Waals surface area (Å²) < 4.78 is 175. The maximum absolute atomic E-state index is 9.72. The van der Waals surface area contributed by atoms with E-state index in [4.69, 9.17) is 0 Å². The Bertz CT molecular complexity index is 912. The van der Waals surface area contributed by atoms with Gasteiger partial charge in [0, 0.05) is 0 Å². The van der Waals surface area contributed by atoms with Crippen LogP contribution in [0.1, 0.15) is 0 Å². The Morgan fingerprint density at radius 1 is 0.281 bits per heavy atom. The van der Waals surface area contributed by atoms with Crippen molar-refractivity contribution in [1.82, 2.24) is 0 Å². The molecule has 26 heteroatoms. The average molecular weight is 619 g/mol. The molecule has 0 heterocycles. The van der Waals surface area contributed by atoms with Crippen molar-refractivity contribution < 1.29 is 77.8 Å². The topological polar surface area (TPSA) is 343 Å². The molecule has 0 aromatic carbocycles. The molecule has 0 radical (unpaired) electrons. The molecule has 0 saturated heterocycles. The van der Waals surface area contributed by atoms with E-state index in [1.54, 1.807) is 0 Å². The Morgan fingerprint density at radius 2 is 0.344 bits per heavy atom. The zero-order chi connectivity index (χ0) is 25.2. The first-order valence-corrected chi connectivity index (χ1v) is 15.7. The van der Waals surface area contributed by atoms with Crippen LogP contribution >= 0.6 is 0 Å². The molecule has 0 N–H and O–H groups in total. The van der Waals surface area contributed by atoms with E-state index in [1.807, 2.05) is 0 Å². The molecule has 0 amide bonds. The van der Waals surface area contributed by atoms with Crippen molar-refractivity contribution in [3.8, 4) is 0 Å². The maximum Gasteiger partial charge on any atom is 3.00 e. The number of hydrogen-bond donors (Lipinski definition) is 0. The van der Waals surface area contributed by atoms with Crippen molar-refractivity contribution in [3.05, 3.63) is 0 Å². The van der Waals surface area contributed by atoms with Crippen LogP contribution in [-0.4, -0.2) is 147 Å². The van der Waals surface area contributed by atoms with E-state index in [2.05, 4.69) is 0 Å². The molecule has 32 heavy (non-hydrogen) atoms. The van der Waals surface area contributed by atoms with Crippen molar-refractivity contribution in [2.75, 3.05) is 34.5 Å². The molecule has 0 aromatic rings. The molecule has 0 bridgehead atoms. The first-order valence-electron chi connectivity index (χ1n) is 6.23. The van der Waals surface area contributed by atoms with Gasteiger partial charge in [0.1, 0.15) is 0 Å². The predicted molar refractivity (Wildman–Crippen MR) is 98.9 cm³/mol. The van der Waals surface area contributed by atoms with E-state index in [-0.39, 0.29) is 34.7 Å². The maximum atomic E-state index is 9.72. The Kier molecular flexibility index (Phi) is 21.7. The van der Waals surface area contributed by atoms with E-state index >= 15 is 0 Å². The fourth-order valence-electron chi connectivity index (χ4n) is 0.612. The quantitative estimate of drug-likeness (QED) is 0.171. The van der Waals surface area contributed by atoms with Gasteiger partial charge in [-0.05, 0) is 0 Å². The molecule has 0 aliphatic rings. The monoisotopic (exact) mass is 618 g/mol. The van der Waals surface area contributed by atoms with Gasteiger partial charge in [0.2, 0.25) is 0 Å². The summed E-state index contributed by atoms with van der Waals surface area (Å²) in [5, 5.41) is 0. The van der Waals surface area contributed by atoms with Crippen LogP contribution in [0.3, 0.4) is 0 Å². The molecule has 0 fully saturated rings. The summed E-state index contributed by atoms with van der Waals surface area (Å²) >= 11 is 0. The zero-order valence-corrected chi connectivity index (χ0v) is 22.4. The third-order valence-electron chi connectivity index (χ3n) is 1.75. The second kappa shape index (κ2) is 16.2. The summed E-state index contributed by atoms with van der Waals surface area (Å²) in [6.07, 6.45) is 0. The van der Waals surface area contributed by atoms with Crippen LogP contribution in [-0.2, 0) is 60.7 Å². The molecule has 0 aliphatic heterocycles. The van der Waals surface area contributed by atoms with E-state index in [0.29, 0.717) is 0 Å². The second-order valence-corrected chi connectivity index (χ2v) is 13.7. The Hall–Kier alpha value is 0.525. The van der Waals surface area contributed by atoms with Crippen LogP contribution in [0.5, 0.6) is 0 Å². The van der Waals surface area contributed by atoms with Gasteiger partial charge in [-0.3, -0.25) is 0 Å². The van der Waals surface area contributed by atoms with Gasteiger partial charge in [0.15, 0.2) is 0 Å². The Balaban J connectivity index is -0.000000110. The SMILES string of the molecule is O=S(=O)([O-])CCS(=O)(=O)[O-].O=S(=O)([O-])CCS(=O)(=O)[O-].O=S(=O)([O-])CCS(=O)(=O)[O-].[Al+3].[Al+3]. The molecule has 186 valence electrons. The molecule has 0 unspecified atom stereocenters. The third-order valence-corrected chi connectivity index (χ3v) is 6.75. The summed E-state index contributed by atoms with van der Waals surface area (Å²) in [7, 11) is -27.5. The average Bonchev–Trinajstić information content (AvgIpc) is 2.38. The summed E-state index contributed by atoms with van der Waals surface area (Å²) in [5.74, 6) is -6.92. The second-order valence-electron chi connectivity index (χ2n) is 4.57. The molecule has 0 rings (SSSR count). The summed E-state index contributed by atoms with van der Waals surface area (Å²) in [5.41, 5.74) is 0. The first kappa shape index (κ1) is 42.7. The Labute approximate surface area is 206 Å². The van der Waals surface area contributed by atoms with Crippen molar-refractivity contribution >= 4 is 95.4 Å². The fourth-order valence-corrected chi connectivity index (χ4v) is 5.51. The molecule has 18 nitrogen and oxygen atoms in total. The summed E-state index contributed by atoms with van der Waals surface area (Å²) in [6.45, 7) is 0. The van der Waals surface area contributed by atoms with Crippen LogP contribution in [0.2, 0.25) is 0 Å². The summed E-state index contributed by atoms with van der Waals surface area (Å²) in [6, 6.07) is 0. The molecule has 0 aromatic heterocycles. The molecule has 0 saturated carbocycles. The van der Waals surface area contributed by atoms with Crippen molar-refractivity contribution in [1.29, 1.82) is 0 Å². The van der Waals surface area contributed by atoms with Gasteiger partial charge in [-0.1, -0.05) is 0 Å². The molecule has 0 spiro atoms. The molecule has 0 atom stereocenters. The minimum absolute atomic E-state index is 0. The van der Waals surface area contributed by atoms with E-state index in [0.717, 1.165) is 0 Å². The van der Waals surface area contributed by atoms with E-state index < -0.39 is 95.2 Å². The van der Waals surface area contributed by atoms with Gasteiger partial charge in [0.25, 0.3) is 0 Å². The van der Waals surface area contributed by atoms with Gasteiger partial charge >= 0.3 is 34.7 Å². The van der Waals surface area contributed by atoms with Crippen molar-refractivity contribution in [2.45, 2.75) is 0 Å². The molecule has 0 aliphatic carbocycles. The smallest absolute Gasteiger partial charge is 0.748 e. The zero-order valence-electron chi connectivity index (χ0n) is 15.2. The molecular formula is C6H12Al2O18S6. The van der Waals surface area contributed by atoms with Crippen molar-refractivity contribution in [3.63, 3.8) is 0 Å². The molecular weight excluding hydrogens is 606 g/mol. The van der Waals surface area contributed by atoms with Gasteiger partial charge < -0.3 is 27.3 Å². The first-order chi connectivity index (χ1) is 12.6. The third kappa shape index (κ3) is 57.4. The van der Waals surface area contributed by atoms with Gasteiger partial charge in [-0.2, -0.15) is 0 Å². The van der Waals surface area contributed by atoms with Gasteiger partial charge in [-0.15, -0.1) is 0 Å². The summed E-state index contributed by atoms with van der Waals surface area (Å²) in [4.78, 5) is 0. The van der Waals surface area contributed by atoms with Crippen LogP contribution in [0, 0.1) is 0 Å². The predicted octanol–water partition coefficient (Wildman–Crippen LogP) is -6.53. The van der Waals surface area contributed by atoms with Crippen LogP contribution in [0.15, 0.2) is 0 Å². The minimum atomic E-state index is -4.59. The largest absolute Gasteiger partial charge is 3.00 e. The standard InChI is InChI=1S/3C2H6O6S2.2Al/c3*3-9(4,5)1-2-10(6,7)8;;/h3*1-2H2,(H,3,4,5)(H,6,7,8);;/q;;;2*+3/p-6. The van der Waals surface area contributed by atoms with Crippen LogP contribution in [0.25, 0.3) is 0 Å². The van der Waals surface area contributed by atoms with Crippen molar-refractivity contribution in [2.24, 2.45) is 0 Å². The Morgan fingerprint density at radius 3 is 0.375 bits per heavy atom. The van der Waals surface area contributed by atoms with Crippen LogP contribution in [0.4, 0.5) is 0 Å². The normalized spacial score (nSPS) is 12.6. The van der Waals surface area contributed by atoms with E-state index in [9.17, 15) is 77.8 Å². The van der Waals surface area contributed by atoms with Crippen LogP contribution < -0.4 is 0 Å². The van der Waals surface area contributed by atoms with Gasteiger partial charge in [-0.25, -0.2) is 50.5 Å². The van der Waals surface area contributed by atoms with E-state index in [1.165, 1.54) is 0 Å². The van der Waals surface area contributed by atoms with Gasteiger partial charge in [0.05, 0.1) is 95.2 Å². The number of rotatable bonds is 9. The number of hydrogen-bond acceptors (Lipinski definition) is 18. The minimum Gasteiger partial charge on any atom is -0.748 e.